The van der Waals surface area contributed by atoms with Crippen LogP contribution in [-0.2, 0) is 4.79 Å². The number of aliphatic imine (C=N–C) groups is 1. The van der Waals surface area contributed by atoms with E-state index in [1.54, 1.807) is 0 Å². The van der Waals surface area contributed by atoms with E-state index in [0.29, 0.717) is 12.3 Å². The lowest BCUT2D eigenvalue weighted by atomic mass is 10.3. The molecular formula is C7H13N3OS. The van der Waals surface area contributed by atoms with Gasteiger partial charge in [0.1, 0.15) is 0 Å². The highest BCUT2D eigenvalue weighted by Gasteiger charge is 2.15. The Balaban J connectivity index is 2.15. The fourth-order valence-electron chi connectivity index (χ4n) is 0.847. The van der Waals surface area contributed by atoms with E-state index in [9.17, 15) is 4.79 Å². The summed E-state index contributed by atoms with van der Waals surface area (Å²) < 4.78 is 0. The van der Waals surface area contributed by atoms with Crippen molar-refractivity contribution in [2.24, 2.45) is 10.7 Å². The molecule has 5 heteroatoms. The Hall–Kier alpha value is -0.550. The van der Waals surface area contributed by atoms with E-state index in [1.165, 1.54) is 11.8 Å². The molecule has 1 saturated heterocycles. The van der Waals surface area contributed by atoms with Gasteiger partial charge in [-0.05, 0) is 19.4 Å². The molecular weight excluding hydrogens is 174 g/mol. The summed E-state index contributed by atoms with van der Waals surface area (Å²) in [6.07, 6.45) is 1.99. The van der Waals surface area contributed by atoms with E-state index in [1.807, 2.05) is 0 Å². The maximum atomic E-state index is 10.7. The molecule has 0 radical (unpaired) electrons. The highest BCUT2D eigenvalue weighted by atomic mass is 32.2. The first kappa shape index (κ1) is 9.54. The van der Waals surface area contributed by atoms with Gasteiger partial charge < -0.3 is 11.1 Å². The van der Waals surface area contributed by atoms with Crippen LogP contribution in [0, 0.1) is 0 Å². The Labute approximate surface area is 76.0 Å². The number of nitrogens with zero attached hydrogens (tertiary/aromatic N) is 1. The van der Waals surface area contributed by atoms with E-state index < -0.39 is 0 Å². The zero-order chi connectivity index (χ0) is 8.81. The number of thioether (sulfide) groups is 1. The number of amides is 1. The van der Waals surface area contributed by atoms with Crippen LogP contribution in [0.25, 0.3) is 0 Å². The summed E-state index contributed by atoms with van der Waals surface area (Å²) in [4.78, 5) is 14.9. The molecule has 1 rings (SSSR count). The van der Waals surface area contributed by atoms with Gasteiger partial charge in [0, 0.05) is 6.54 Å². The molecule has 0 aromatic heterocycles. The lowest BCUT2D eigenvalue weighted by molar-refractivity contribution is -0.116. The lowest BCUT2D eigenvalue weighted by Crippen LogP contribution is -2.20. The zero-order valence-electron chi connectivity index (χ0n) is 6.88. The first-order valence-corrected chi connectivity index (χ1v) is 4.98. The molecule has 1 amide bonds. The van der Waals surface area contributed by atoms with Crippen LogP contribution < -0.4 is 11.1 Å². The number of hydrogen-bond donors (Lipinski definition) is 2. The molecule has 3 N–H and O–H groups in total. The summed E-state index contributed by atoms with van der Waals surface area (Å²) in [6, 6.07) is 0. The molecule has 0 aromatic carbocycles. The molecule has 0 unspecified atom stereocenters. The largest absolute Gasteiger partial charge is 0.330 e. The zero-order valence-corrected chi connectivity index (χ0v) is 7.69. The van der Waals surface area contributed by atoms with E-state index >= 15 is 0 Å². The molecule has 1 aliphatic rings. The topological polar surface area (TPSA) is 67.5 Å². The number of carbonyl (C=O) groups is 1. The summed E-state index contributed by atoms with van der Waals surface area (Å²) in [7, 11) is 0. The van der Waals surface area contributed by atoms with Crippen molar-refractivity contribution in [3.8, 4) is 0 Å². The second-order valence-corrected chi connectivity index (χ2v) is 3.48. The van der Waals surface area contributed by atoms with Gasteiger partial charge in [0.2, 0.25) is 5.91 Å². The molecule has 0 aliphatic carbocycles. The van der Waals surface area contributed by atoms with Crippen molar-refractivity contribution in [3.05, 3.63) is 0 Å². The summed E-state index contributed by atoms with van der Waals surface area (Å²) in [5.41, 5.74) is 5.32. The van der Waals surface area contributed by atoms with Gasteiger partial charge >= 0.3 is 0 Å². The fourth-order valence-corrected chi connectivity index (χ4v) is 1.56. The molecule has 0 bridgehead atoms. The van der Waals surface area contributed by atoms with Gasteiger partial charge in [-0.1, -0.05) is 11.8 Å². The number of carbonyl (C=O) groups excluding carboxylic acids is 1. The SMILES string of the molecule is NCCCCN=C1NC(=O)CS1. The third kappa shape index (κ3) is 3.23. The maximum absolute atomic E-state index is 10.7. The number of hydrogen-bond acceptors (Lipinski definition) is 4. The second kappa shape index (κ2) is 5.16. The van der Waals surface area contributed by atoms with Crippen LogP contribution in [-0.4, -0.2) is 29.9 Å². The van der Waals surface area contributed by atoms with Crippen LogP contribution in [0.3, 0.4) is 0 Å². The fraction of sp³-hybridized carbons (Fsp3) is 0.714. The quantitative estimate of drug-likeness (QED) is 0.606. The third-order valence-electron chi connectivity index (χ3n) is 1.45. The van der Waals surface area contributed by atoms with Crippen LogP contribution in [0.1, 0.15) is 12.8 Å². The Morgan fingerprint density at radius 2 is 2.42 bits per heavy atom. The van der Waals surface area contributed by atoms with Crippen molar-refractivity contribution in [2.45, 2.75) is 12.8 Å². The van der Waals surface area contributed by atoms with E-state index in [-0.39, 0.29) is 5.91 Å². The van der Waals surface area contributed by atoms with Gasteiger partial charge in [0.05, 0.1) is 5.75 Å². The maximum Gasteiger partial charge on any atom is 0.236 e. The standard InChI is InChI=1S/C7H13N3OS/c8-3-1-2-4-9-7-10-6(11)5-12-7/h1-5,8H2,(H,9,10,11). The summed E-state index contributed by atoms with van der Waals surface area (Å²) in [5, 5.41) is 3.43. The van der Waals surface area contributed by atoms with Gasteiger partial charge in [-0.3, -0.25) is 9.79 Å². The van der Waals surface area contributed by atoms with Gasteiger partial charge in [-0.2, -0.15) is 0 Å². The van der Waals surface area contributed by atoms with Crippen molar-refractivity contribution in [2.75, 3.05) is 18.8 Å². The van der Waals surface area contributed by atoms with Crippen molar-refractivity contribution in [1.82, 2.24) is 5.32 Å². The van der Waals surface area contributed by atoms with Gasteiger partial charge in [0.15, 0.2) is 5.17 Å². The average Bonchev–Trinajstić information content (AvgIpc) is 2.45. The smallest absolute Gasteiger partial charge is 0.236 e. The number of unbranched alkanes of at least 4 members (excludes halogenated alkanes) is 1. The minimum atomic E-state index is 0.0533. The molecule has 1 heterocycles. The molecule has 1 aliphatic heterocycles. The van der Waals surface area contributed by atoms with E-state index in [4.69, 9.17) is 5.73 Å². The first-order chi connectivity index (χ1) is 5.83. The van der Waals surface area contributed by atoms with Gasteiger partial charge in [-0.15, -0.1) is 0 Å². The van der Waals surface area contributed by atoms with E-state index in [2.05, 4.69) is 10.3 Å². The highest BCUT2D eigenvalue weighted by molar-refractivity contribution is 8.15. The van der Waals surface area contributed by atoms with Crippen molar-refractivity contribution in [3.63, 3.8) is 0 Å². The number of amidine groups is 1. The lowest BCUT2D eigenvalue weighted by Gasteiger charge is -1.95. The van der Waals surface area contributed by atoms with Crippen molar-refractivity contribution in [1.29, 1.82) is 0 Å². The Morgan fingerprint density at radius 3 is 3.00 bits per heavy atom. The summed E-state index contributed by atoms with van der Waals surface area (Å²) >= 11 is 1.47. The molecule has 68 valence electrons. The molecule has 0 aromatic rings. The van der Waals surface area contributed by atoms with Crippen LogP contribution >= 0.6 is 11.8 Å². The minimum absolute atomic E-state index is 0.0533. The van der Waals surface area contributed by atoms with E-state index in [0.717, 1.165) is 24.6 Å². The van der Waals surface area contributed by atoms with Gasteiger partial charge in [-0.25, -0.2) is 0 Å². The normalized spacial score (nSPS) is 20.1. The Morgan fingerprint density at radius 1 is 1.58 bits per heavy atom. The molecule has 12 heavy (non-hydrogen) atoms. The molecule has 0 saturated carbocycles. The summed E-state index contributed by atoms with van der Waals surface area (Å²) in [6.45, 7) is 1.48. The monoisotopic (exact) mass is 187 g/mol. The van der Waals surface area contributed by atoms with Crippen LogP contribution in [0.2, 0.25) is 0 Å². The van der Waals surface area contributed by atoms with Crippen LogP contribution in [0.5, 0.6) is 0 Å². The molecule has 0 atom stereocenters. The number of rotatable bonds is 4. The minimum Gasteiger partial charge on any atom is -0.330 e. The Bertz CT molecular complexity index is 193. The average molecular weight is 187 g/mol. The van der Waals surface area contributed by atoms with Crippen LogP contribution in [0.15, 0.2) is 4.99 Å². The molecule has 4 nitrogen and oxygen atoms in total. The van der Waals surface area contributed by atoms with Crippen LogP contribution in [0.4, 0.5) is 0 Å². The number of nitrogens with two attached hydrogens (primary N) is 1. The van der Waals surface area contributed by atoms with Gasteiger partial charge in [0.25, 0.3) is 0 Å². The first-order valence-electron chi connectivity index (χ1n) is 4.00. The number of nitrogens with one attached hydrogen (secondary N) is 1. The predicted octanol–water partition coefficient (Wildman–Crippen LogP) is -0.0557. The molecule has 0 spiro atoms. The second-order valence-electron chi connectivity index (χ2n) is 2.52. The Kier molecular flexibility index (Phi) is 4.10. The third-order valence-corrected chi connectivity index (χ3v) is 2.37. The highest BCUT2D eigenvalue weighted by Crippen LogP contribution is 2.08. The van der Waals surface area contributed by atoms with Crippen molar-refractivity contribution < 1.29 is 4.79 Å². The molecule has 1 fully saturated rings. The summed E-state index contributed by atoms with van der Waals surface area (Å²) in [5.74, 6) is 0.563. The van der Waals surface area contributed by atoms with Crippen molar-refractivity contribution >= 4 is 22.8 Å². The predicted molar refractivity (Wildman–Crippen MR) is 51.2 cm³/mol.